The minimum absolute atomic E-state index is 0.216. The molecule has 0 unspecified atom stereocenters. The molecule has 4 rings (SSSR count). The maximum absolute atomic E-state index is 12.5. The fraction of sp³-hybridized carbons (Fsp3) is 0.261. The molecule has 3 heterocycles. The second kappa shape index (κ2) is 9.34. The summed E-state index contributed by atoms with van der Waals surface area (Å²) in [5.41, 5.74) is 1.77. The molecule has 0 spiro atoms. The van der Waals surface area contributed by atoms with Gasteiger partial charge in [0, 0.05) is 31.9 Å². The van der Waals surface area contributed by atoms with E-state index in [1.54, 1.807) is 18.5 Å². The summed E-state index contributed by atoms with van der Waals surface area (Å²) >= 11 is 0. The normalized spacial score (nSPS) is 15.6. The van der Waals surface area contributed by atoms with Gasteiger partial charge in [-0.25, -0.2) is 9.78 Å². The zero-order valence-corrected chi connectivity index (χ0v) is 17.0. The summed E-state index contributed by atoms with van der Waals surface area (Å²) in [7, 11) is 0. The number of benzene rings is 1. The van der Waals surface area contributed by atoms with Crippen molar-refractivity contribution in [2.45, 2.75) is 13.0 Å². The molecule has 0 bridgehead atoms. The molecule has 1 saturated heterocycles. The van der Waals surface area contributed by atoms with Crippen molar-refractivity contribution >= 4 is 11.8 Å². The van der Waals surface area contributed by atoms with Gasteiger partial charge in [-0.3, -0.25) is 9.36 Å². The lowest BCUT2D eigenvalue weighted by Crippen LogP contribution is -2.29. The highest BCUT2D eigenvalue weighted by molar-refractivity contribution is 5.64. The third kappa shape index (κ3) is 5.22. The van der Waals surface area contributed by atoms with Gasteiger partial charge >= 0.3 is 6.09 Å². The van der Waals surface area contributed by atoms with Crippen LogP contribution in [0.3, 0.4) is 0 Å². The minimum atomic E-state index is -0.994. The van der Waals surface area contributed by atoms with Gasteiger partial charge in [0.05, 0.1) is 11.9 Å². The number of nitrogens with zero attached hydrogens (tertiary/aromatic N) is 3. The monoisotopic (exact) mass is 420 g/mol. The van der Waals surface area contributed by atoms with E-state index >= 15 is 0 Å². The van der Waals surface area contributed by atoms with Crippen molar-refractivity contribution in [3.8, 4) is 11.6 Å². The number of pyridine rings is 2. The van der Waals surface area contributed by atoms with E-state index in [-0.39, 0.29) is 11.5 Å². The average molecular weight is 420 g/mol. The molecule has 160 valence electrons. The predicted octanol–water partition coefficient (Wildman–Crippen LogP) is 2.91. The van der Waals surface area contributed by atoms with Crippen molar-refractivity contribution in [2.24, 2.45) is 5.92 Å². The Morgan fingerprint density at radius 3 is 2.74 bits per heavy atom. The van der Waals surface area contributed by atoms with Gasteiger partial charge in [0.25, 0.3) is 5.56 Å². The van der Waals surface area contributed by atoms with Crippen LogP contribution in [0.4, 0.5) is 10.5 Å². The fourth-order valence-electron chi connectivity index (χ4n) is 3.65. The van der Waals surface area contributed by atoms with Crippen LogP contribution in [0.25, 0.3) is 5.82 Å². The first-order valence-electron chi connectivity index (χ1n) is 10.2. The molecule has 8 heteroatoms. The molecule has 1 fully saturated rings. The number of anilines is 1. The number of carboxylic acid groups (broad SMARTS) is 1. The summed E-state index contributed by atoms with van der Waals surface area (Å²) in [5, 5.41) is 11.2. The lowest BCUT2D eigenvalue weighted by atomic mass is 10.1. The van der Waals surface area contributed by atoms with E-state index < -0.39 is 6.09 Å². The molecule has 1 amide bonds. The highest BCUT2D eigenvalue weighted by atomic mass is 16.5. The lowest BCUT2D eigenvalue weighted by Gasteiger charge is -2.18. The number of carbonyl (C=O) groups is 1. The maximum atomic E-state index is 12.5. The largest absolute Gasteiger partial charge is 0.489 e. The number of rotatable bonds is 7. The second-order valence-electron chi connectivity index (χ2n) is 7.51. The summed E-state index contributed by atoms with van der Waals surface area (Å²) in [6.45, 7) is 2.47. The number of amides is 1. The Morgan fingerprint density at radius 2 is 2.03 bits per heavy atom. The molecule has 0 saturated carbocycles. The van der Waals surface area contributed by atoms with Crippen LogP contribution in [0.5, 0.6) is 5.75 Å². The average Bonchev–Trinajstić information content (AvgIpc) is 3.26. The molecule has 1 aliphatic rings. The van der Waals surface area contributed by atoms with Crippen LogP contribution < -0.4 is 20.5 Å². The van der Waals surface area contributed by atoms with Gasteiger partial charge in [-0.05, 0) is 36.1 Å². The van der Waals surface area contributed by atoms with Crippen LogP contribution in [0.2, 0.25) is 0 Å². The molecule has 1 atom stereocenters. The summed E-state index contributed by atoms with van der Waals surface area (Å²) in [6.07, 6.45) is 3.33. The van der Waals surface area contributed by atoms with Crippen molar-refractivity contribution in [1.82, 2.24) is 14.9 Å². The Morgan fingerprint density at radius 1 is 1.19 bits per heavy atom. The third-order valence-corrected chi connectivity index (χ3v) is 5.31. The van der Waals surface area contributed by atoms with E-state index in [0.29, 0.717) is 24.7 Å². The molecule has 1 aromatic carbocycles. The van der Waals surface area contributed by atoms with E-state index in [4.69, 9.17) is 9.84 Å². The van der Waals surface area contributed by atoms with Gasteiger partial charge in [-0.2, -0.15) is 0 Å². The Labute approximate surface area is 179 Å². The zero-order chi connectivity index (χ0) is 21.6. The van der Waals surface area contributed by atoms with Crippen molar-refractivity contribution in [3.63, 3.8) is 0 Å². The van der Waals surface area contributed by atoms with Gasteiger partial charge in [-0.1, -0.05) is 30.3 Å². The standard InChI is InChI=1S/C23H24N4O4/c28-22-12-20(31-16-17-4-2-1-3-5-17)9-11-27(22)21-7-6-19(14-24-21)26-10-8-18(15-26)13-25-23(29)30/h1-7,9,11-12,14,18,25H,8,10,13,15-16H2,(H,29,30)/t18-/m1/s1. The molecule has 8 nitrogen and oxygen atoms in total. The summed E-state index contributed by atoms with van der Waals surface area (Å²) in [6, 6.07) is 16.7. The van der Waals surface area contributed by atoms with E-state index in [1.807, 2.05) is 42.5 Å². The first-order valence-corrected chi connectivity index (χ1v) is 10.2. The molecule has 2 aromatic heterocycles. The highest BCUT2D eigenvalue weighted by Crippen LogP contribution is 2.23. The van der Waals surface area contributed by atoms with Crippen LogP contribution in [0.15, 0.2) is 71.8 Å². The van der Waals surface area contributed by atoms with Gasteiger partial charge in [0.2, 0.25) is 0 Å². The number of aromatic nitrogens is 2. The van der Waals surface area contributed by atoms with Crippen LogP contribution >= 0.6 is 0 Å². The molecule has 1 aliphatic heterocycles. The van der Waals surface area contributed by atoms with Gasteiger partial charge in [0.1, 0.15) is 18.2 Å². The van der Waals surface area contributed by atoms with E-state index in [2.05, 4.69) is 15.2 Å². The minimum Gasteiger partial charge on any atom is -0.489 e. The SMILES string of the molecule is O=C(O)NC[C@H]1CCN(c2ccc(-n3ccc(OCc4ccccc4)cc3=O)nc2)C1. The molecular formula is C23H24N4O4. The smallest absolute Gasteiger partial charge is 0.404 e. The van der Waals surface area contributed by atoms with E-state index in [1.165, 1.54) is 10.6 Å². The molecule has 0 aliphatic carbocycles. The fourth-order valence-corrected chi connectivity index (χ4v) is 3.65. The first-order chi connectivity index (χ1) is 15.1. The molecule has 0 radical (unpaired) electrons. The van der Waals surface area contributed by atoms with Gasteiger partial charge in [-0.15, -0.1) is 0 Å². The highest BCUT2D eigenvalue weighted by Gasteiger charge is 2.23. The van der Waals surface area contributed by atoms with Crippen LogP contribution in [0, 0.1) is 5.92 Å². The summed E-state index contributed by atoms with van der Waals surface area (Å²) in [4.78, 5) is 29.8. The van der Waals surface area contributed by atoms with Crippen molar-refractivity contribution in [3.05, 3.63) is 82.9 Å². The predicted molar refractivity (Wildman–Crippen MR) is 117 cm³/mol. The molecule has 3 aromatic rings. The van der Waals surface area contributed by atoms with Crippen molar-refractivity contribution in [1.29, 1.82) is 0 Å². The maximum Gasteiger partial charge on any atom is 0.404 e. The molecule has 31 heavy (non-hydrogen) atoms. The van der Waals surface area contributed by atoms with Gasteiger partial charge < -0.3 is 20.1 Å². The zero-order valence-electron chi connectivity index (χ0n) is 17.0. The Balaban J connectivity index is 1.38. The third-order valence-electron chi connectivity index (χ3n) is 5.31. The second-order valence-corrected chi connectivity index (χ2v) is 7.51. The van der Waals surface area contributed by atoms with Crippen molar-refractivity contribution < 1.29 is 14.6 Å². The quantitative estimate of drug-likeness (QED) is 0.610. The summed E-state index contributed by atoms with van der Waals surface area (Å²) < 4.78 is 7.19. The Hall–Kier alpha value is -3.81. The van der Waals surface area contributed by atoms with Crippen LogP contribution in [0.1, 0.15) is 12.0 Å². The topological polar surface area (TPSA) is 96.7 Å². The number of hydrogen-bond donors (Lipinski definition) is 2. The van der Waals surface area contributed by atoms with Crippen molar-refractivity contribution in [2.75, 3.05) is 24.5 Å². The van der Waals surface area contributed by atoms with Crippen LogP contribution in [-0.2, 0) is 6.61 Å². The first kappa shape index (κ1) is 20.5. The number of hydrogen-bond acceptors (Lipinski definition) is 5. The molecule has 2 N–H and O–H groups in total. The molecular weight excluding hydrogens is 396 g/mol. The van der Waals surface area contributed by atoms with E-state index in [0.717, 1.165) is 30.8 Å². The van der Waals surface area contributed by atoms with Gasteiger partial charge in [0.15, 0.2) is 0 Å². The Bertz CT molecular complexity index is 1080. The summed E-state index contributed by atoms with van der Waals surface area (Å²) in [5.74, 6) is 1.33. The van der Waals surface area contributed by atoms with E-state index in [9.17, 15) is 9.59 Å². The lowest BCUT2D eigenvalue weighted by molar-refractivity contribution is 0.192. The Kier molecular flexibility index (Phi) is 6.16. The van der Waals surface area contributed by atoms with Crippen LogP contribution in [-0.4, -0.2) is 40.4 Å². The number of nitrogens with one attached hydrogen (secondary N) is 1. The number of ether oxygens (including phenoxy) is 1.